The number of carbonyl (C=O) groups excluding carboxylic acids is 3. The number of hydrogen-bond donors (Lipinski definition) is 2. The first-order chi connectivity index (χ1) is 8.94. The molecule has 0 unspecified atom stereocenters. The van der Waals surface area contributed by atoms with Gasteiger partial charge in [0.05, 0.1) is 5.70 Å². The summed E-state index contributed by atoms with van der Waals surface area (Å²) in [5.41, 5.74) is -1.06. The average Bonchev–Trinajstić information content (AvgIpc) is 2.25. The molecule has 0 saturated carbocycles. The summed E-state index contributed by atoms with van der Waals surface area (Å²) in [5, 5.41) is 4.56. The van der Waals surface area contributed by atoms with E-state index in [1.54, 1.807) is 34.6 Å². The Balaban J connectivity index is 4.47. The molecular formula is C14H22N2O4. The van der Waals surface area contributed by atoms with Crippen molar-refractivity contribution in [1.29, 1.82) is 0 Å². The first-order valence-electron chi connectivity index (χ1n) is 6.17. The number of nitrogens with one attached hydrogen (secondary N) is 2. The maximum Gasteiger partial charge on any atom is 0.354 e. The van der Waals surface area contributed by atoms with Crippen LogP contribution in [0.25, 0.3) is 0 Å². The van der Waals surface area contributed by atoms with Crippen LogP contribution in [0.5, 0.6) is 0 Å². The van der Waals surface area contributed by atoms with Crippen molar-refractivity contribution < 1.29 is 19.1 Å². The molecule has 2 amide bonds. The van der Waals surface area contributed by atoms with Crippen LogP contribution in [-0.4, -0.2) is 23.4 Å². The molecule has 0 radical (unpaired) electrons. The van der Waals surface area contributed by atoms with Crippen molar-refractivity contribution in [3.8, 4) is 0 Å². The molecule has 0 atom stereocenters. The molecular weight excluding hydrogens is 260 g/mol. The maximum absolute atomic E-state index is 11.7. The van der Waals surface area contributed by atoms with Gasteiger partial charge in [-0.3, -0.25) is 9.59 Å². The smallest absolute Gasteiger partial charge is 0.354 e. The van der Waals surface area contributed by atoms with Gasteiger partial charge in [0.2, 0.25) is 5.91 Å². The number of carbonyl (C=O) groups is 3. The zero-order chi connectivity index (χ0) is 16.1. The van der Waals surface area contributed by atoms with E-state index in [1.807, 2.05) is 0 Å². The van der Waals surface area contributed by atoms with Crippen molar-refractivity contribution in [2.75, 3.05) is 0 Å². The van der Waals surface area contributed by atoms with Gasteiger partial charge < -0.3 is 15.4 Å². The Morgan fingerprint density at radius 3 is 1.90 bits per heavy atom. The van der Waals surface area contributed by atoms with Gasteiger partial charge in [-0.15, -0.1) is 0 Å². The Hall–Kier alpha value is -2.11. The third-order valence-electron chi connectivity index (χ3n) is 1.98. The van der Waals surface area contributed by atoms with E-state index < -0.39 is 17.5 Å². The maximum atomic E-state index is 11.7. The molecule has 0 saturated heterocycles. The summed E-state index contributed by atoms with van der Waals surface area (Å²) < 4.78 is 5.03. The minimum atomic E-state index is -0.742. The summed E-state index contributed by atoms with van der Waals surface area (Å²) >= 11 is 0. The van der Waals surface area contributed by atoms with Gasteiger partial charge >= 0.3 is 5.97 Å². The predicted octanol–water partition coefficient (Wildman–Crippen LogP) is 1.24. The van der Waals surface area contributed by atoms with E-state index in [9.17, 15) is 14.4 Å². The van der Waals surface area contributed by atoms with E-state index in [0.29, 0.717) is 0 Å². The largest absolute Gasteiger partial charge is 0.455 e. The number of hydrogen-bond acceptors (Lipinski definition) is 4. The van der Waals surface area contributed by atoms with Crippen molar-refractivity contribution >= 4 is 17.8 Å². The van der Waals surface area contributed by atoms with Crippen LogP contribution in [0.2, 0.25) is 0 Å². The minimum Gasteiger partial charge on any atom is -0.455 e. The zero-order valence-electron chi connectivity index (χ0n) is 12.6. The summed E-state index contributed by atoms with van der Waals surface area (Å²) in [5.74, 6) is -2.08. The number of rotatable bonds is 5. The molecule has 0 fully saturated rings. The number of amides is 2. The third kappa shape index (κ3) is 6.72. The summed E-state index contributed by atoms with van der Waals surface area (Å²) in [6.45, 7) is 15.3. The molecule has 0 aromatic heterocycles. The van der Waals surface area contributed by atoms with Crippen molar-refractivity contribution in [2.24, 2.45) is 5.92 Å². The molecule has 0 aromatic rings. The summed E-state index contributed by atoms with van der Waals surface area (Å²) in [7, 11) is 0. The van der Waals surface area contributed by atoms with Crippen molar-refractivity contribution in [3.63, 3.8) is 0 Å². The topological polar surface area (TPSA) is 84.5 Å². The van der Waals surface area contributed by atoms with Gasteiger partial charge in [-0.1, -0.05) is 27.0 Å². The Labute approximate surface area is 119 Å². The molecule has 0 aliphatic heterocycles. The highest BCUT2D eigenvalue weighted by atomic mass is 16.6. The van der Waals surface area contributed by atoms with Crippen LogP contribution in [0.15, 0.2) is 24.6 Å². The minimum absolute atomic E-state index is 0.159. The second-order valence-corrected chi connectivity index (χ2v) is 5.56. The quantitative estimate of drug-likeness (QED) is 0.587. The van der Waals surface area contributed by atoms with Crippen LogP contribution in [-0.2, 0) is 19.1 Å². The fraction of sp³-hybridized carbons (Fsp3) is 0.500. The molecule has 0 aromatic carbocycles. The second kappa shape index (κ2) is 6.88. The SMILES string of the molecule is C=C(NC(=O)C(C)C)C(=O)NC(=C)C(=O)OC(C)(C)C. The lowest BCUT2D eigenvalue weighted by atomic mass is 10.2. The van der Waals surface area contributed by atoms with Gasteiger partial charge in [-0.25, -0.2) is 4.79 Å². The van der Waals surface area contributed by atoms with E-state index in [1.165, 1.54) is 0 Å². The Morgan fingerprint density at radius 1 is 1.00 bits per heavy atom. The highest BCUT2D eigenvalue weighted by molar-refractivity contribution is 6.02. The fourth-order valence-corrected chi connectivity index (χ4v) is 0.953. The Kier molecular flexibility index (Phi) is 6.16. The molecule has 0 rings (SSSR count). The lowest BCUT2D eigenvalue weighted by Gasteiger charge is -2.20. The summed E-state index contributed by atoms with van der Waals surface area (Å²) in [4.78, 5) is 34.7. The van der Waals surface area contributed by atoms with Crippen molar-refractivity contribution in [2.45, 2.75) is 40.2 Å². The van der Waals surface area contributed by atoms with E-state index in [2.05, 4.69) is 23.8 Å². The van der Waals surface area contributed by atoms with Crippen LogP contribution >= 0.6 is 0 Å². The van der Waals surface area contributed by atoms with E-state index in [-0.39, 0.29) is 23.2 Å². The van der Waals surface area contributed by atoms with Gasteiger partial charge in [0.15, 0.2) is 0 Å². The lowest BCUT2D eigenvalue weighted by molar-refractivity contribution is -0.150. The molecule has 0 aliphatic carbocycles. The predicted molar refractivity (Wildman–Crippen MR) is 75.2 cm³/mol. The molecule has 20 heavy (non-hydrogen) atoms. The van der Waals surface area contributed by atoms with Crippen LogP contribution in [0.4, 0.5) is 0 Å². The van der Waals surface area contributed by atoms with E-state index in [0.717, 1.165) is 0 Å². The molecule has 0 spiro atoms. The van der Waals surface area contributed by atoms with Crippen LogP contribution in [0.3, 0.4) is 0 Å². The average molecular weight is 282 g/mol. The summed E-state index contributed by atoms with van der Waals surface area (Å²) in [6, 6.07) is 0. The Morgan fingerprint density at radius 2 is 1.50 bits per heavy atom. The van der Waals surface area contributed by atoms with Crippen LogP contribution in [0.1, 0.15) is 34.6 Å². The van der Waals surface area contributed by atoms with Gasteiger partial charge in [0.1, 0.15) is 11.3 Å². The zero-order valence-corrected chi connectivity index (χ0v) is 12.6. The summed E-state index contributed by atoms with van der Waals surface area (Å²) in [6.07, 6.45) is 0. The second-order valence-electron chi connectivity index (χ2n) is 5.56. The molecule has 0 heterocycles. The monoisotopic (exact) mass is 282 g/mol. The molecule has 6 heteroatoms. The highest BCUT2D eigenvalue weighted by Crippen LogP contribution is 2.09. The molecule has 2 N–H and O–H groups in total. The number of esters is 1. The van der Waals surface area contributed by atoms with E-state index >= 15 is 0 Å². The number of ether oxygens (including phenoxy) is 1. The van der Waals surface area contributed by atoms with Crippen LogP contribution in [0, 0.1) is 5.92 Å². The first kappa shape index (κ1) is 17.9. The molecule has 0 bridgehead atoms. The fourth-order valence-electron chi connectivity index (χ4n) is 0.953. The standard InChI is InChI=1S/C14H22N2O4/c1-8(2)11(17)15-9(3)12(18)16-10(4)13(19)20-14(5,6)7/h8H,3-4H2,1-2,5-7H3,(H,15,17)(H,16,18). The van der Waals surface area contributed by atoms with Gasteiger partial charge in [0.25, 0.3) is 5.91 Å². The lowest BCUT2D eigenvalue weighted by Crippen LogP contribution is -2.38. The Bertz CT molecular complexity index is 445. The van der Waals surface area contributed by atoms with Gasteiger partial charge in [-0.2, -0.15) is 0 Å². The normalized spacial score (nSPS) is 10.7. The van der Waals surface area contributed by atoms with E-state index in [4.69, 9.17) is 4.74 Å². The van der Waals surface area contributed by atoms with Crippen molar-refractivity contribution in [3.05, 3.63) is 24.6 Å². The van der Waals surface area contributed by atoms with Crippen LogP contribution < -0.4 is 10.6 Å². The third-order valence-corrected chi connectivity index (χ3v) is 1.98. The first-order valence-corrected chi connectivity index (χ1v) is 6.17. The van der Waals surface area contributed by atoms with Gasteiger partial charge in [0, 0.05) is 5.92 Å². The van der Waals surface area contributed by atoms with Gasteiger partial charge in [-0.05, 0) is 20.8 Å². The highest BCUT2D eigenvalue weighted by Gasteiger charge is 2.21. The molecule has 112 valence electrons. The molecule has 6 nitrogen and oxygen atoms in total. The molecule has 0 aliphatic rings. The van der Waals surface area contributed by atoms with Crippen molar-refractivity contribution in [1.82, 2.24) is 10.6 Å².